The van der Waals surface area contributed by atoms with Gasteiger partial charge in [0.2, 0.25) is 5.91 Å². The van der Waals surface area contributed by atoms with Crippen LogP contribution >= 0.6 is 0 Å². The Kier molecular flexibility index (Phi) is 7.72. The Morgan fingerprint density at radius 2 is 1.68 bits per heavy atom. The molecule has 1 aliphatic heterocycles. The van der Waals surface area contributed by atoms with E-state index < -0.39 is 0 Å². The monoisotopic (exact) mass is 388 g/mol. The molecule has 0 aromatic heterocycles. The number of nitrogens with zero attached hydrogens (tertiary/aromatic N) is 2. The molecule has 1 heterocycles. The second-order valence-electron chi connectivity index (χ2n) is 7.20. The van der Waals surface area contributed by atoms with E-state index in [9.17, 15) is 19.2 Å². The van der Waals surface area contributed by atoms with Crippen LogP contribution in [0.3, 0.4) is 0 Å². The fourth-order valence-electron chi connectivity index (χ4n) is 3.21. The van der Waals surface area contributed by atoms with Gasteiger partial charge >= 0.3 is 5.97 Å². The second kappa shape index (κ2) is 10.0. The number of imide groups is 1. The van der Waals surface area contributed by atoms with Gasteiger partial charge in [-0.1, -0.05) is 26.0 Å². The molecular weight excluding hydrogens is 360 g/mol. The molecule has 2 rings (SSSR count). The third-order valence-corrected chi connectivity index (χ3v) is 4.48. The molecule has 0 bridgehead atoms. The van der Waals surface area contributed by atoms with Gasteiger partial charge in [0.15, 0.2) is 0 Å². The van der Waals surface area contributed by atoms with E-state index >= 15 is 0 Å². The molecule has 0 atom stereocenters. The molecule has 0 saturated carbocycles. The Balaban J connectivity index is 1.87. The van der Waals surface area contributed by atoms with E-state index in [1.54, 1.807) is 36.1 Å². The lowest BCUT2D eigenvalue weighted by atomic mass is 10.1. The van der Waals surface area contributed by atoms with Crippen LogP contribution in [0.25, 0.3) is 0 Å². The molecule has 0 saturated heterocycles. The summed E-state index contributed by atoms with van der Waals surface area (Å²) in [4.78, 5) is 51.7. The van der Waals surface area contributed by atoms with Crippen molar-refractivity contribution in [2.24, 2.45) is 5.92 Å². The topological polar surface area (TPSA) is 84.0 Å². The first-order chi connectivity index (χ1) is 13.3. The van der Waals surface area contributed by atoms with Gasteiger partial charge in [-0.25, -0.2) is 0 Å². The van der Waals surface area contributed by atoms with Crippen molar-refractivity contribution in [3.8, 4) is 0 Å². The van der Waals surface area contributed by atoms with Crippen LogP contribution in [0, 0.1) is 5.92 Å². The lowest BCUT2D eigenvalue weighted by molar-refractivity contribution is -0.144. The van der Waals surface area contributed by atoms with Crippen molar-refractivity contribution in [2.45, 2.75) is 40.0 Å². The summed E-state index contributed by atoms with van der Waals surface area (Å²) in [5.41, 5.74) is 0.824. The summed E-state index contributed by atoms with van der Waals surface area (Å²) < 4.78 is 4.92. The van der Waals surface area contributed by atoms with Gasteiger partial charge in [-0.05, 0) is 31.4 Å². The molecule has 0 radical (unpaired) electrons. The van der Waals surface area contributed by atoms with Crippen LogP contribution in [0.4, 0.5) is 0 Å². The second-order valence-corrected chi connectivity index (χ2v) is 7.20. The van der Waals surface area contributed by atoms with E-state index in [1.165, 1.54) is 4.90 Å². The molecule has 1 aromatic carbocycles. The molecule has 7 nitrogen and oxygen atoms in total. The molecular formula is C21H28N2O5. The van der Waals surface area contributed by atoms with Crippen LogP contribution in [-0.4, -0.2) is 59.7 Å². The van der Waals surface area contributed by atoms with Crippen LogP contribution in [0.2, 0.25) is 0 Å². The molecule has 1 aliphatic rings. The van der Waals surface area contributed by atoms with Gasteiger partial charge in [0.1, 0.15) is 0 Å². The highest BCUT2D eigenvalue weighted by Crippen LogP contribution is 2.22. The van der Waals surface area contributed by atoms with Gasteiger partial charge in [0, 0.05) is 26.1 Å². The minimum atomic E-state index is -0.324. The Morgan fingerprint density at radius 3 is 2.21 bits per heavy atom. The molecule has 0 fully saturated rings. The van der Waals surface area contributed by atoms with Crippen LogP contribution < -0.4 is 0 Å². The van der Waals surface area contributed by atoms with Crippen molar-refractivity contribution in [3.63, 3.8) is 0 Å². The van der Waals surface area contributed by atoms with Gasteiger partial charge in [-0.3, -0.25) is 24.1 Å². The quantitative estimate of drug-likeness (QED) is 0.454. The fourth-order valence-corrected chi connectivity index (χ4v) is 3.21. The van der Waals surface area contributed by atoms with E-state index in [4.69, 9.17) is 4.74 Å². The summed E-state index contributed by atoms with van der Waals surface area (Å²) in [6.07, 6.45) is 0.756. The fraction of sp³-hybridized carbons (Fsp3) is 0.524. The molecule has 3 amide bonds. The van der Waals surface area contributed by atoms with Crippen LogP contribution in [0.1, 0.15) is 60.7 Å². The van der Waals surface area contributed by atoms with Crippen molar-refractivity contribution in [3.05, 3.63) is 35.4 Å². The van der Waals surface area contributed by atoms with E-state index in [1.807, 2.05) is 13.8 Å². The van der Waals surface area contributed by atoms with Gasteiger partial charge in [-0.15, -0.1) is 0 Å². The van der Waals surface area contributed by atoms with Gasteiger partial charge < -0.3 is 9.64 Å². The summed E-state index contributed by atoms with van der Waals surface area (Å²) in [6, 6.07) is 6.73. The Hall–Kier alpha value is -2.70. The third kappa shape index (κ3) is 5.41. The number of carbonyl (C=O) groups is 4. The summed E-state index contributed by atoms with van der Waals surface area (Å²) in [7, 11) is 0. The molecule has 7 heteroatoms. The first kappa shape index (κ1) is 21.6. The number of amides is 3. The van der Waals surface area contributed by atoms with E-state index in [2.05, 4.69) is 0 Å². The summed E-state index contributed by atoms with van der Waals surface area (Å²) in [6.45, 7) is 7.12. The zero-order valence-electron chi connectivity index (χ0n) is 16.8. The van der Waals surface area contributed by atoms with Crippen molar-refractivity contribution < 1.29 is 23.9 Å². The number of rotatable bonds is 10. The standard InChI is InChI=1S/C21H28N2O5/c1-4-28-19(25)11-13-22(14-15(2)3)18(24)10-7-12-23-20(26)16-8-5-6-9-17(16)21(23)27/h5-6,8-9,15H,4,7,10-14H2,1-3H3. The Morgan fingerprint density at radius 1 is 1.07 bits per heavy atom. The van der Waals surface area contributed by atoms with Gasteiger partial charge in [-0.2, -0.15) is 0 Å². The smallest absolute Gasteiger partial charge is 0.307 e. The number of carbonyl (C=O) groups excluding carboxylic acids is 4. The predicted octanol–water partition coefficient (Wildman–Crippen LogP) is 2.50. The number of benzene rings is 1. The molecule has 28 heavy (non-hydrogen) atoms. The Labute approximate surface area is 165 Å². The first-order valence-corrected chi connectivity index (χ1v) is 9.73. The highest BCUT2D eigenvalue weighted by atomic mass is 16.5. The molecule has 0 N–H and O–H groups in total. The van der Waals surface area contributed by atoms with Crippen molar-refractivity contribution >= 4 is 23.7 Å². The average molecular weight is 388 g/mol. The van der Waals surface area contributed by atoms with E-state index in [-0.39, 0.29) is 49.0 Å². The highest BCUT2D eigenvalue weighted by molar-refractivity contribution is 6.21. The zero-order chi connectivity index (χ0) is 20.7. The van der Waals surface area contributed by atoms with Gasteiger partial charge in [0.05, 0.1) is 24.2 Å². The van der Waals surface area contributed by atoms with Crippen molar-refractivity contribution in [1.82, 2.24) is 9.80 Å². The molecule has 0 unspecified atom stereocenters. The van der Waals surface area contributed by atoms with Crippen molar-refractivity contribution in [1.29, 1.82) is 0 Å². The molecule has 152 valence electrons. The molecule has 1 aromatic rings. The number of hydrogen-bond donors (Lipinski definition) is 0. The lowest BCUT2D eigenvalue weighted by Gasteiger charge is -2.24. The summed E-state index contributed by atoms with van der Waals surface area (Å²) in [5, 5.41) is 0. The highest BCUT2D eigenvalue weighted by Gasteiger charge is 2.34. The zero-order valence-corrected chi connectivity index (χ0v) is 16.8. The van der Waals surface area contributed by atoms with Crippen LogP contribution in [-0.2, 0) is 14.3 Å². The average Bonchev–Trinajstić information content (AvgIpc) is 2.90. The number of hydrogen-bond acceptors (Lipinski definition) is 5. The van der Waals surface area contributed by atoms with Crippen molar-refractivity contribution in [2.75, 3.05) is 26.2 Å². The van der Waals surface area contributed by atoms with E-state index in [0.717, 1.165) is 0 Å². The normalized spacial score (nSPS) is 13.1. The maximum Gasteiger partial charge on any atom is 0.307 e. The molecule has 0 aliphatic carbocycles. The predicted molar refractivity (Wildman–Crippen MR) is 104 cm³/mol. The Bertz CT molecular complexity index is 709. The number of fused-ring (bicyclic) bond motifs is 1. The van der Waals surface area contributed by atoms with E-state index in [0.29, 0.717) is 37.2 Å². The number of ether oxygens (including phenoxy) is 1. The largest absolute Gasteiger partial charge is 0.466 e. The van der Waals surface area contributed by atoms with Gasteiger partial charge in [0.25, 0.3) is 11.8 Å². The molecule has 0 spiro atoms. The van der Waals surface area contributed by atoms with Crippen LogP contribution in [0.15, 0.2) is 24.3 Å². The third-order valence-electron chi connectivity index (χ3n) is 4.48. The summed E-state index contributed by atoms with van der Waals surface area (Å²) >= 11 is 0. The minimum absolute atomic E-state index is 0.0883. The lowest BCUT2D eigenvalue weighted by Crippen LogP contribution is -2.37. The minimum Gasteiger partial charge on any atom is -0.466 e. The maximum absolute atomic E-state index is 12.6. The maximum atomic E-state index is 12.6. The van der Waals surface area contributed by atoms with Crippen LogP contribution in [0.5, 0.6) is 0 Å². The SMILES string of the molecule is CCOC(=O)CCN(CC(C)C)C(=O)CCCN1C(=O)c2ccccc2C1=O. The first-order valence-electron chi connectivity index (χ1n) is 9.73. The summed E-state index contributed by atoms with van der Waals surface area (Å²) in [5.74, 6) is -0.768. The number of esters is 1.